The summed E-state index contributed by atoms with van der Waals surface area (Å²) < 4.78 is 0. The van der Waals surface area contributed by atoms with Crippen LogP contribution >= 0.6 is 0 Å². The van der Waals surface area contributed by atoms with Gasteiger partial charge in [-0.2, -0.15) is 0 Å². The molecule has 0 bridgehead atoms. The van der Waals surface area contributed by atoms with Gasteiger partial charge in [0.1, 0.15) is 0 Å². The number of benzene rings is 2. The Morgan fingerprint density at radius 1 is 0.880 bits per heavy atom. The fourth-order valence-corrected chi connectivity index (χ4v) is 3.41. The van der Waals surface area contributed by atoms with Crippen molar-refractivity contribution in [3.05, 3.63) is 71.4 Å². The number of nitrogens with zero attached hydrogens (tertiary/aromatic N) is 2. The first-order valence-corrected chi connectivity index (χ1v) is 8.52. The molecule has 0 spiro atoms. The lowest BCUT2D eigenvalue weighted by Gasteiger charge is -2.20. The highest BCUT2D eigenvalue weighted by molar-refractivity contribution is 5.96. The van der Waals surface area contributed by atoms with Crippen LogP contribution in [0.15, 0.2) is 54.6 Å². The second-order valence-electron chi connectivity index (χ2n) is 6.24. The van der Waals surface area contributed by atoms with Crippen LogP contribution in [0.1, 0.15) is 34.5 Å². The Hall–Kier alpha value is -3.01. The molecule has 1 heterocycles. The van der Waals surface area contributed by atoms with Crippen molar-refractivity contribution in [2.24, 2.45) is 0 Å². The summed E-state index contributed by atoms with van der Waals surface area (Å²) in [5, 5.41) is 9.57. The summed E-state index contributed by atoms with van der Waals surface area (Å²) in [5.74, 6) is -0.267. The van der Waals surface area contributed by atoms with Crippen molar-refractivity contribution in [2.45, 2.75) is 25.7 Å². The maximum atomic E-state index is 11.7. The molecule has 4 heteroatoms. The monoisotopic (exact) mass is 330 g/mol. The average molecular weight is 330 g/mol. The largest absolute Gasteiger partial charge is 0.478 e. The van der Waals surface area contributed by atoms with E-state index in [1.165, 1.54) is 0 Å². The van der Waals surface area contributed by atoms with Crippen molar-refractivity contribution in [1.82, 2.24) is 9.97 Å². The van der Waals surface area contributed by atoms with Gasteiger partial charge in [0.2, 0.25) is 0 Å². The van der Waals surface area contributed by atoms with E-state index in [2.05, 4.69) is 0 Å². The molecule has 3 aromatic rings. The molecule has 0 amide bonds. The van der Waals surface area contributed by atoms with Gasteiger partial charge in [-0.05, 0) is 31.7 Å². The highest BCUT2D eigenvalue weighted by atomic mass is 16.4. The van der Waals surface area contributed by atoms with Crippen LogP contribution in [-0.2, 0) is 12.8 Å². The quantitative estimate of drug-likeness (QED) is 0.774. The number of carboxylic acids is 1. The van der Waals surface area contributed by atoms with Crippen molar-refractivity contribution >= 4 is 5.97 Å². The molecule has 1 N–H and O–H groups in total. The molecule has 1 aromatic heterocycles. The van der Waals surface area contributed by atoms with E-state index >= 15 is 0 Å². The predicted octanol–water partition coefficient (Wildman–Crippen LogP) is 4.39. The van der Waals surface area contributed by atoms with Crippen molar-refractivity contribution in [3.63, 3.8) is 0 Å². The number of aromatic nitrogens is 2. The number of carboxylic acid groups (broad SMARTS) is 1. The minimum Gasteiger partial charge on any atom is -0.478 e. The zero-order valence-corrected chi connectivity index (χ0v) is 13.8. The van der Waals surface area contributed by atoms with Crippen molar-refractivity contribution in [1.29, 1.82) is 0 Å². The van der Waals surface area contributed by atoms with Gasteiger partial charge >= 0.3 is 5.97 Å². The SMILES string of the molecule is O=C(O)c1ccccc1-c1nc(-c2ccccc2)nc2c1CCCC2. The number of carbonyl (C=O) groups is 1. The number of aryl methyl sites for hydroxylation is 1. The number of fused-ring (bicyclic) bond motifs is 1. The Balaban J connectivity index is 1.97. The first-order valence-electron chi connectivity index (χ1n) is 8.52. The molecule has 0 fully saturated rings. The van der Waals surface area contributed by atoms with Crippen LogP contribution in [0.25, 0.3) is 22.6 Å². The van der Waals surface area contributed by atoms with E-state index in [-0.39, 0.29) is 5.56 Å². The lowest BCUT2D eigenvalue weighted by atomic mass is 9.90. The molecule has 4 nitrogen and oxygen atoms in total. The summed E-state index contributed by atoms with van der Waals surface area (Å²) in [5.41, 5.74) is 4.82. The van der Waals surface area contributed by atoms with Crippen LogP contribution in [0.3, 0.4) is 0 Å². The topological polar surface area (TPSA) is 63.1 Å². The van der Waals surface area contributed by atoms with Crippen molar-refractivity contribution < 1.29 is 9.90 Å². The number of hydrogen-bond donors (Lipinski definition) is 1. The molecule has 2 aromatic carbocycles. The Labute approximate surface area is 146 Å². The summed E-state index contributed by atoms with van der Waals surface area (Å²) in [4.78, 5) is 21.3. The molecule has 0 saturated heterocycles. The van der Waals surface area contributed by atoms with Gasteiger partial charge in [-0.15, -0.1) is 0 Å². The fourth-order valence-electron chi connectivity index (χ4n) is 3.41. The summed E-state index contributed by atoms with van der Waals surface area (Å²) >= 11 is 0. The standard InChI is InChI=1S/C21H18N2O2/c24-21(25)16-11-5-4-10-15(16)19-17-12-6-7-13-18(17)22-20(23-19)14-8-2-1-3-9-14/h1-5,8-11H,6-7,12-13H2,(H,24,25). The highest BCUT2D eigenvalue weighted by Crippen LogP contribution is 2.33. The summed E-state index contributed by atoms with van der Waals surface area (Å²) in [7, 11) is 0. The second-order valence-corrected chi connectivity index (χ2v) is 6.24. The predicted molar refractivity (Wildman–Crippen MR) is 96.5 cm³/mol. The van der Waals surface area contributed by atoms with E-state index in [1.54, 1.807) is 12.1 Å². The third-order valence-corrected chi connectivity index (χ3v) is 4.63. The molecular weight excluding hydrogens is 312 g/mol. The number of rotatable bonds is 3. The Morgan fingerprint density at radius 3 is 2.40 bits per heavy atom. The molecule has 25 heavy (non-hydrogen) atoms. The fraction of sp³-hybridized carbons (Fsp3) is 0.190. The molecular formula is C21H18N2O2. The lowest BCUT2D eigenvalue weighted by Crippen LogP contribution is -2.12. The van der Waals surface area contributed by atoms with Crippen LogP contribution < -0.4 is 0 Å². The van der Waals surface area contributed by atoms with Gasteiger partial charge in [-0.25, -0.2) is 14.8 Å². The average Bonchev–Trinajstić information content (AvgIpc) is 2.68. The zero-order valence-electron chi connectivity index (χ0n) is 13.8. The van der Waals surface area contributed by atoms with E-state index in [0.717, 1.165) is 48.2 Å². The summed E-state index contributed by atoms with van der Waals surface area (Å²) in [6.45, 7) is 0. The molecule has 0 unspecified atom stereocenters. The highest BCUT2D eigenvalue weighted by Gasteiger charge is 2.22. The first-order chi connectivity index (χ1) is 12.2. The molecule has 0 saturated carbocycles. The van der Waals surface area contributed by atoms with E-state index < -0.39 is 5.97 Å². The Morgan fingerprint density at radius 2 is 1.60 bits per heavy atom. The lowest BCUT2D eigenvalue weighted by molar-refractivity contribution is 0.0697. The minimum absolute atomic E-state index is 0.285. The third kappa shape index (κ3) is 2.91. The number of hydrogen-bond acceptors (Lipinski definition) is 3. The molecule has 4 rings (SSSR count). The van der Waals surface area contributed by atoms with Crippen LogP contribution in [0, 0.1) is 0 Å². The van der Waals surface area contributed by atoms with Crippen molar-refractivity contribution in [3.8, 4) is 22.6 Å². The van der Waals surface area contributed by atoms with Crippen LogP contribution in [0.2, 0.25) is 0 Å². The molecule has 1 aliphatic carbocycles. The normalized spacial score (nSPS) is 13.3. The molecule has 124 valence electrons. The van der Waals surface area contributed by atoms with Gasteiger partial charge in [0, 0.05) is 22.4 Å². The second kappa shape index (κ2) is 6.48. The van der Waals surface area contributed by atoms with Gasteiger partial charge in [0.15, 0.2) is 5.82 Å². The van der Waals surface area contributed by atoms with Gasteiger partial charge in [0.25, 0.3) is 0 Å². The molecule has 0 radical (unpaired) electrons. The van der Waals surface area contributed by atoms with Gasteiger partial charge < -0.3 is 5.11 Å². The smallest absolute Gasteiger partial charge is 0.336 e. The van der Waals surface area contributed by atoms with E-state index in [0.29, 0.717) is 11.4 Å². The van der Waals surface area contributed by atoms with E-state index in [4.69, 9.17) is 9.97 Å². The zero-order chi connectivity index (χ0) is 17.2. The van der Waals surface area contributed by atoms with Crippen LogP contribution in [0.4, 0.5) is 0 Å². The van der Waals surface area contributed by atoms with E-state index in [1.807, 2.05) is 42.5 Å². The summed E-state index contributed by atoms with van der Waals surface area (Å²) in [6.07, 6.45) is 4.01. The molecule has 0 aliphatic heterocycles. The Kier molecular flexibility index (Phi) is 4.02. The van der Waals surface area contributed by atoms with Gasteiger partial charge in [0.05, 0.1) is 11.3 Å². The van der Waals surface area contributed by atoms with Crippen molar-refractivity contribution in [2.75, 3.05) is 0 Å². The Bertz CT molecular complexity index is 936. The van der Waals surface area contributed by atoms with Gasteiger partial charge in [-0.3, -0.25) is 0 Å². The molecule has 0 atom stereocenters. The van der Waals surface area contributed by atoms with Gasteiger partial charge in [-0.1, -0.05) is 48.5 Å². The molecule has 1 aliphatic rings. The first kappa shape index (κ1) is 15.5. The van der Waals surface area contributed by atoms with E-state index in [9.17, 15) is 9.90 Å². The maximum absolute atomic E-state index is 11.7. The number of aromatic carboxylic acids is 1. The summed E-state index contributed by atoms with van der Waals surface area (Å²) in [6, 6.07) is 16.9. The third-order valence-electron chi connectivity index (χ3n) is 4.63. The minimum atomic E-state index is -0.931. The maximum Gasteiger partial charge on any atom is 0.336 e. The van der Waals surface area contributed by atoms with Crippen LogP contribution in [0.5, 0.6) is 0 Å². The van der Waals surface area contributed by atoms with Crippen LogP contribution in [-0.4, -0.2) is 21.0 Å².